The van der Waals surface area contributed by atoms with E-state index in [4.69, 9.17) is 0 Å². The average Bonchev–Trinajstić information content (AvgIpc) is 2.80. The summed E-state index contributed by atoms with van der Waals surface area (Å²) in [6.07, 6.45) is 2.13. The zero-order valence-electron chi connectivity index (χ0n) is 20.0. The molecule has 0 spiro atoms. The molecule has 10 nitrogen and oxygen atoms in total. The van der Waals surface area contributed by atoms with Gasteiger partial charge in [0.2, 0.25) is 0 Å². The fraction of sp³-hybridized carbons (Fsp3) is 0.240. The van der Waals surface area contributed by atoms with Crippen LogP contribution in [0.5, 0.6) is 5.75 Å². The number of hydrogen-bond acceptors (Lipinski definition) is 6. The minimum atomic E-state index is -3.37. The van der Waals surface area contributed by atoms with Crippen LogP contribution in [0, 0.1) is 13.8 Å². The molecule has 0 saturated heterocycles. The van der Waals surface area contributed by atoms with Crippen molar-refractivity contribution in [3.8, 4) is 5.75 Å². The zero-order valence-corrected chi connectivity index (χ0v) is 20.8. The third kappa shape index (κ3) is 6.51. The molecule has 1 atom stereocenters. The van der Waals surface area contributed by atoms with Crippen LogP contribution in [0.25, 0.3) is 0 Å². The van der Waals surface area contributed by atoms with Gasteiger partial charge in [-0.2, -0.15) is 0 Å². The Morgan fingerprint density at radius 2 is 1.64 bits per heavy atom. The highest BCUT2D eigenvalue weighted by molar-refractivity contribution is 7.90. The number of pyridine rings is 1. The maximum Gasteiger partial charge on any atom is 0.319 e. The van der Waals surface area contributed by atoms with E-state index in [0.29, 0.717) is 16.7 Å². The summed E-state index contributed by atoms with van der Waals surface area (Å²) in [4.78, 5) is 37.3. The van der Waals surface area contributed by atoms with Crippen molar-refractivity contribution in [3.05, 3.63) is 87.3 Å². The lowest BCUT2D eigenvalue weighted by Crippen LogP contribution is -2.36. The Morgan fingerprint density at radius 3 is 2.19 bits per heavy atom. The first kappa shape index (κ1) is 26.5. The van der Waals surface area contributed by atoms with Crippen LogP contribution < -0.4 is 16.2 Å². The van der Waals surface area contributed by atoms with Crippen LogP contribution in [0.2, 0.25) is 0 Å². The molecule has 190 valence electrons. The fourth-order valence-electron chi connectivity index (χ4n) is 3.60. The molecule has 36 heavy (non-hydrogen) atoms. The van der Waals surface area contributed by atoms with Gasteiger partial charge in [-0.1, -0.05) is 42.0 Å². The number of rotatable bonds is 8. The van der Waals surface area contributed by atoms with Gasteiger partial charge >= 0.3 is 12.0 Å². The molecule has 3 rings (SSSR count). The lowest BCUT2D eigenvalue weighted by atomic mass is 10.0. The van der Waals surface area contributed by atoms with E-state index >= 15 is 0 Å². The van der Waals surface area contributed by atoms with Gasteiger partial charge in [-0.05, 0) is 37.1 Å². The number of benzene rings is 2. The number of carbonyl (C=O) groups is 2. The number of carbonyl (C=O) groups excluding carboxylic acids is 1. The van der Waals surface area contributed by atoms with Crippen molar-refractivity contribution < 1.29 is 28.2 Å². The van der Waals surface area contributed by atoms with Crippen LogP contribution >= 0.6 is 0 Å². The third-order valence-corrected chi connectivity index (χ3v) is 6.67. The highest BCUT2D eigenvalue weighted by atomic mass is 32.2. The number of hydrogen-bond donors (Lipinski definition) is 4. The first-order chi connectivity index (χ1) is 16.8. The molecule has 1 aromatic heterocycles. The number of carboxylic acid groups (broad SMARTS) is 1. The standard InChI is InChI=1S/C25H27N3O7S/c1-15-4-8-18(9-5-15)20(12-21(29)30)26-25(33)27-22-23(31)16(2)13-28(24(22)32)14-17-6-10-19(11-7-17)36(3,34)35/h4-11,13,20,31H,12,14H2,1-3H3,(H,29,30)(H2,26,27,33)/t20-/m0/s1. The number of urea groups is 1. The van der Waals surface area contributed by atoms with Crippen molar-refractivity contribution >= 4 is 27.5 Å². The molecule has 0 unspecified atom stereocenters. The highest BCUT2D eigenvalue weighted by Gasteiger charge is 2.21. The SMILES string of the molecule is Cc1ccc([C@H](CC(=O)O)NC(=O)Nc2c(O)c(C)cn(Cc3ccc(S(C)(=O)=O)cc3)c2=O)cc1. The number of aromatic nitrogens is 1. The number of nitrogens with zero attached hydrogens (tertiary/aromatic N) is 1. The lowest BCUT2D eigenvalue weighted by molar-refractivity contribution is -0.137. The highest BCUT2D eigenvalue weighted by Crippen LogP contribution is 2.24. The zero-order chi connectivity index (χ0) is 26.6. The summed E-state index contributed by atoms with van der Waals surface area (Å²) < 4.78 is 24.6. The summed E-state index contributed by atoms with van der Waals surface area (Å²) in [5.74, 6) is -1.53. The second-order valence-corrected chi connectivity index (χ2v) is 10.6. The number of carboxylic acids is 1. The molecule has 0 aliphatic heterocycles. The number of amides is 2. The Morgan fingerprint density at radius 1 is 1.03 bits per heavy atom. The van der Waals surface area contributed by atoms with Crippen LogP contribution in [0.4, 0.5) is 10.5 Å². The van der Waals surface area contributed by atoms with Crippen LogP contribution in [0.3, 0.4) is 0 Å². The Bertz CT molecular complexity index is 1440. The van der Waals surface area contributed by atoms with E-state index in [1.165, 1.54) is 22.9 Å². The number of aromatic hydroxyl groups is 1. The van der Waals surface area contributed by atoms with Crippen molar-refractivity contribution in [1.82, 2.24) is 9.88 Å². The second-order valence-electron chi connectivity index (χ2n) is 8.54. The number of anilines is 1. The minimum absolute atomic E-state index is 0.0608. The van der Waals surface area contributed by atoms with Gasteiger partial charge in [-0.25, -0.2) is 13.2 Å². The van der Waals surface area contributed by atoms with Gasteiger partial charge in [0.25, 0.3) is 5.56 Å². The van der Waals surface area contributed by atoms with E-state index in [0.717, 1.165) is 11.8 Å². The van der Waals surface area contributed by atoms with Crippen LogP contribution in [-0.4, -0.2) is 41.5 Å². The summed E-state index contributed by atoms with van der Waals surface area (Å²) in [6, 6.07) is 11.3. The quantitative estimate of drug-likeness (QED) is 0.361. The molecular weight excluding hydrogens is 486 g/mol. The van der Waals surface area contributed by atoms with Crippen molar-refractivity contribution in [1.29, 1.82) is 0 Å². The summed E-state index contributed by atoms with van der Waals surface area (Å²) in [7, 11) is -3.37. The molecule has 3 aromatic rings. The van der Waals surface area contributed by atoms with Gasteiger partial charge in [-0.15, -0.1) is 0 Å². The monoisotopic (exact) mass is 513 g/mol. The number of nitrogens with one attached hydrogen (secondary N) is 2. The van der Waals surface area contributed by atoms with E-state index in [1.54, 1.807) is 43.3 Å². The van der Waals surface area contributed by atoms with Gasteiger partial charge in [0.05, 0.1) is 23.9 Å². The third-order valence-electron chi connectivity index (χ3n) is 5.54. The molecule has 2 amide bonds. The average molecular weight is 514 g/mol. The minimum Gasteiger partial charge on any atom is -0.505 e. The van der Waals surface area contributed by atoms with E-state index < -0.39 is 39.2 Å². The van der Waals surface area contributed by atoms with Crippen LogP contribution in [0.15, 0.2) is 64.4 Å². The summed E-state index contributed by atoms with van der Waals surface area (Å²) in [5, 5.41) is 24.6. The van der Waals surface area contributed by atoms with Crippen molar-refractivity contribution in [2.45, 2.75) is 37.8 Å². The molecule has 1 heterocycles. The van der Waals surface area contributed by atoms with Crippen molar-refractivity contribution in [2.75, 3.05) is 11.6 Å². The molecule has 0 saturated carbocycles. The van der Waals surface area contributed by atoms with Gasteiger partial charge in [0.1, 0.15) is 5.75 Å². The number of aryl methyl sites for hydroxylation is 2. The molecule has 0 aliphatic rings. The molecule has 4 N–H and O–H groups in total. The number of sulfone groups is 1. The predicted octanol–water partition coefficient (Wildman–Crippen LogP) is 2.96. The van der Waals surface area contributed by atoms with E-state index in [9.17, 15) is 33.0 Å². The largest absolute Gasteiger partial charge is 0.505 e. The summed E-state index contributed by atoms with van der Waals surface area (Å²) in [5.41, 5.74) is 1.43. The van der Waals surface area contributed by atoms with Crippen molar-refractivity contribution in [2.24, 2.45) is 0 Å². The fourth-order valence-corrected chi connectivity index (χ4v) is 4.23. The first-order valence-electron chi connectivity index (χ1n) is 10.9. The molecule has 0 radical (unpaired) electrons. The van der Waals surface area contributed by atoms with E-state index in [-0.39, 0.29) is 23.5 Å². The Hall–Kier alpha value is -4.12. The second kappa shape index (κ2) is 10.6. The smallest absolute Gasteiger partial charge is 0.319 e. The van der Waals surface area contributed by atoms with Gasteiger partial charge in [-0.3, -0.25) is 9.59 Å². The molecule has 11 heteroatoms. The first-order valence-corrected chi connectivity index (χ1v) is 12.8. The Balaban J connectivity index is 1.85. The maximum atomic E-state index is 13.0. The van der Waals surface area contributed by atoms with E-state index in [1.807, 2.05) is 6.92 Å². The van der Waals surface area contributed by atoms with Crippen LogP contribution in [0.1, 0.15) is 34.7 Å². The molecule has 0 bridgehead atoms. The maximum absolute atomic E-state index is 13.0. The molecule has 2 aromatic carbocycles. The normalized spacial score (nSPS) is 12.1. The molecule has 0 aliphatic carbocycles. The van der Waals surface area contributed by atoms with Gasteiger partial charge in [0, 0.05) is 18.0 Å². The Kier molecular flexibility index (Phi) is 7.83. The molecular formula is C25H27N3O7S. The van der Waals surface area contributed by atoms with E-state index in [2.05, 4.69) is 10.6 Å². The lowest BCUT2D eigenvalue weighted by Gasteiger charge is -2.19. The summed E-state index contributed by atoms with van der Waals surface area (Å²) in [6.45, 7) is 3.49. The number of aliphatic carboxylic acids is 1. The predicted molar refractivity (Wildman–Crippen MR) is 134 cm³/mol. The topological polar surface area (TPSA) is 155 Å². The van der Waals surface area contributed by atoms with Crippen molar-refractivity contribution in [3.63, 3.8) is 0 Å². The van der Waals surface area contributed by atoms with Crippen LogP contribution in [-0.2, 0) is 21.2 Å². The van der Waals surface area contributed by atoms with Gasteiger partial charge in [0.15, 0.2) is 15.5 Å². The molecule has 0 fully saturated rings. The Labute approximate surface area is 208 Å². The summed E-state index contributed by atoms with van der Waals surface area (Å²) >= 11 is 0. The van der Waals surface area contributed by atoms with Gasteiger partial charge < -0.3 is 25.4 Å².